The van der Waals surface area contributed by atoms with Crippen molar-refractivity contribution in [1.29, 1.82) is 0 Å². The summed E-state index contributed by atoms with van der Waals surface area (Å²) < 4.78 is 12.8. The number of allylic oxidation sites excluding steroid dienone is 1. The van der Waals surface area contributed by atoms with Crippen molar-refractivity contribution in [3.63, 3.8) is 0 Å². The van der Waals surface area contributed by atoms with Crippen LogP contribution in [0.5, 0.6) is 5.75 Å². The minimum atomic E-state index is 0.215. The van der Waals surface area contributed by atoms with Crippen molar-refractivity contribution >= 4 is 11.6 Å². The number of anilines is 1. The van der Waals surface area contributed by atoms with E-state index in [-0.39, 0.29) is 6.04 Å². The van der Waals surface area contributed by atoms with Crippen molar-refractivity contribution < 1.29 is 9.47 Å². The van der Waals surface area contributed by atoms with E-state index in [0.29, 0.717) is 30.7 Å². The van der Waals surface area contributed by atoms with Crippen LogP contribution in [0.4, 0.5) is 5.69 Å². The number of ether oxygens (including phenoxy) is 2. The average Bonchev–Trinajstić information content (AvgIpc) is 3.15. The minimum Gasteiger partial charge on any atom is -0.495 e. The molecule has 3 aliphatic heterocycles. The number of hydrogen-bond donors (Lipinski definition) is 2. The fraction of sp³-hybridized carbons (Fsp3) is 0.238. The molecular weight excluding hydrogens is 382 g/mol. The maximum atomic E-state index is 6.60. The number of methoxy groups -OCH3 is 1. The maximum absolute atomic E-state index is 6.60. The van der Waals surface area contributed by atoms with Crippen molar-refractivity contribution in [1.82, 2.24) is 14.7 Å². The number of fused-ring (bicyclic) bond motifs is 1. The molecule has 9 heteroatoms. The summed E-state index contributed by atoms with van der Waals surface area (Å²) in [6.45, 7) is 1.29. The van der Waals surface area contributed by atoms with E-state index in [1.807, 2.05) is 59.7 Å². The molecule has 3 aliphatic rings. The maximum Gasteiger partial charge on any atom is 0.205 e. The Morgan fingerprint density at radius 3 is 2.70 bits per heavy atom. The summed E-state index contributed by atoms with van der Waals surface area (Å²) in [6, 6.07) is 6.15. The lowest BCUT2D eigenvalue weighted by Crippen LogP contribution is -2.51. The zero-order valence-corrected chi connectivity index (χ0v) is 16.8. The Kier molecular flexibility index (Phi) is 4.25. The minimum absolute atomic E-state index is 0.215. The molecule has 0 atom stereocenters. The molecule has 1 saturated heterocycles. The zero-order chi connectivity index (χ0) is 20.8. The number of nitrogens with two attached hydrogens (primary N) is 2. The Morgan fingerprint density at radius 2 is 2.03 bits per heavy atom. The highest BCUT2D eigenvalue weighted by Crippen LogP contribution is 2.39. The first-order chi connectivity index (χ1) is 14.6. The van der Waals surface area contributed by atoms with Crippen LogP contribution in [0.1, 0.15) is 0 Å². The van der Waals surface area contributed by atoms with Gasteiger partial charge in [-0.25, -0.2) is 4.99 Å². The Hall–Kier alpha value is -3.72. The Labute approximate surface area is 174 Å². The summed E-state index contributed by atoms with van der Waals surface area (Å²) in [5.74, 6) is 1.58. The van der Waals surface area contributed by atoms with Gasteiger partial charge in [-0.15, -0.1) is 0 Å². The first-order valence-corrected chi connectivity index (χ1v) is 9.62. The van der Waals surface area contributed by atoms with E-state index in [1.165, 1.54) is 0 Å². The molecule has 4 N–H and O–H groups in total. The van der Waals surface area contributed by atoms with Crippen molar-refractivity contribution in [2.75, 3.05) is 25.2 Å². The van der Waals surface area contributed by atoms with Crippen LogP contribution in [-0.4, -0.2) is 47.0 Å². The van der Waals surface area contributed by atoms with Gasteiger partial charge in [0.25, 0.3) is 0 Å². The second kappa shape index (κ2) is 6.96. The molecule has 9 nitrogen and oxygen atoms in total. The third-order valence-electron chi connectivity index (χ3n) is 5.47. The summed E-state index contributed by atoms with van der Waals surface area (Å²) in [5, 5.41) is 4.25. The standard InChI is InChI=1S/C21H23N7O2/c1-26-10-15(9-25-26)13-3-4-17(18(7-13)29-2)28-19-14(8-24-21(28)23)5-6-27(20(19)22)16-11-30-12-16/h3-10,16H,11-12,22H2,1-2H3,(H2,23,24). The summed E-state index contributed by atoms with van der Waals surface area (Å²) in [7, 11) is 3.52. The highest BCUT2D eigenvalue weighted by Gasteiger charge is 2.34. The van der Waals surface area contributed by atoms with Crippen LogP contribution in [0.3, 0.4) is 0 Å². The normalized spacial score (nSPS) is 18.7. The summed E-state index contributed by atoms with van der Waals surface area (Å²) in [4.78, 5) is 8.24. The Bertz CT molecular complexity index is 1120. The molecule has 0 saturated carbocycles. The van der Waals surface area contributed by atoms with Crippen molar-refractivity contribution in [2.45, 2.75) is 6.04 Å². The topological polar surface area (TPSA) is 107 Å². The summed E-state index contributed by atoms with van der Waals surface area (Å²) in [5.41, 5.74) is 17.3. The van der Waals surface area contributed by atoms with Crippen LogP contribution in [0.2, 0.25) is 0 Å². The SMILES string of the molecule is COc1cc(-c2cnn(C)c2)ccc1N1C(N)=NC=C2C=CN(C3COC3)C(N)=C21. The molecule has 154 valence electrons. The third-order valence-corrected chi connectivity index (χ3v) is 5.47. The second-order valence-corrected chi connectivity index (χ2v) is 7.34. The van der Waals surface area contributed by atoms with Gasteiger partial charge in [0.15, 0.2) is 0 Å². The zero-order valence-electron chi connectivity index (χ0n) is 16.8. The predicted octanol–water partition coefficient (Wildman–Crippen LogP) is 1.47. The van der Waals surface area contributed by atoms with Crippen molar-refractivity contribution in [3.8, 4) is 16.9 Å². The van der Waals surface area contributed by atoms with Gasteiger partial charge < -0.3 is 25.8 Å². The van der Waals surface area contributed by atoms with E-state index in [2.05, 4.69) is 10.1 Å². The van der Waals surface area contributed by atoms with E-state index in [0.717, 1.165) is 28.1 Å². The summed E-state index contributed by atoms with van der Waals surface area (Å²) >= 11 is 0. The lowest BCUT2D eigenvalue weighted by Gasteiger charge is -2.41. The molecule has 0 unspecified atom stereocenters. The van der Waals surface area contributed by atoms with Crippen LogP contribution in [0, 0.1) is 0 Å². The van der Waals surface area contributed by atoms with Crippen LogP contribution < -0.4 is 21.1 Å². The van der Waals surface area contributed by atoms with Crippen LogP contribution in [0.15, 0.2) is 71.2 Å². The molecule has 0 bridgehead atoms. The van der Waals surface area contributed by atoms with E-state index in [4.69, 9.17) is 20.9 Å². The van der Waals surface area contributed by atoms with Crippen molar-refractivity contribution in [2.24, 2.45) is 23.5 Å². The number of nitrogens with zero attached hydrogens (tertiary/aromatic N) is 5. The highest BCUT2D eigenvalue weighted by molar-refractivity contribution is 6.02. The Balaban J connectivity index is 1.59. The van der Waals surface area contributed by atoms with E-state index >= 15 is 0 Å². The monoisotopic (exact) mass is 405 g/mol. The molecule has 2 aromatic rings. The lowest BCUT2D eigenvalue weighted by molar-refractivity contribution is -0.0397. The van der Waals surface area contributed by atoms with E-state index in [1.54, 1.807) is 18.0 Å². The molecule has 1 fully saturated rings. The van der Waals surface area contributed by atoms with Gasteiger partial charge in [0.2, 0.25) is 5.96 Å². The fourth-order valence-corrected chi connectivity index (χ4v) is 3.80. The third kappa shape index (κ3) is 2.82. The molecule has 5 rings (SSSR count). The number of aliphatic imine (C=N–C) groups is 1. The fourth-order valence-electron chi connectivity index (χ4n) is 3.80. The number of aryl methyl sites for hydroxylation is 1. The molecule has 1 aromatic heterocycles. The first-order valence-electron chi connectivity index (χ1n) is 9.62. The van der Waals surface area contributed by atoms with E-state index in [9.17, 15) is 0 Å². The van der Waals surface area contributed by atoms with Gasteiger partial charge in [-0.1, -0.05) is 6.07 Å². The van der Waals surface area contributed by atoms with Gasteiger partial charge in [-0.05, 0) is 23.8 Å². The second-order valence-electron chi connectivity index (χ2n) is 7.34. The van der Waals surface area contributed by atoms with Gasteiger partial charge in [-0.3, -0.25) is 9.58 Å². The van der Waals surface area contributed by atoms with Gasteiger partial charge in [-0.2, -0.15) is 5.10 Å². The molecule has 1 aromatic carbocycles. The van der Waals surface area contributed by atoms with Gasteiger partial charge >= 0.3 is 0 Å². The largest absolute Gasteiger partial charge is 0.495 e. The van der Waals surface area contributed by atoms with Crippen LogP contribution >= 0.6 is 0 Å². The number of hydrogen-bond acceptors (Lipinski definition) is 8. The molecular formula is C21H23N7O2. The molecule has 30 heavy (non-hydrogen) atoms. The molecule has 4 heterocycles. The Morgan fingerprint density at radius 1 is 1.20 bits per heavy atom. The summed E-state index contributed by atoms with van der Waals surface area (Å²) in [6.07, 6.45) is 9.46. The quantitative estimate of drug-likeness (QED) is 0.793. The number of rotatable bonds is 4. The van der Waals surface area contributed by atoms with Crippen LogP contribution in [0.25, 0.3) is 11.1 Å². The molecule has 0 radical (unpaired) electrons. The molecule has 0 spiro atoms. The molecule has 0 aliphatic carbocycles. The number of guanidine groups is 1. The van der Waals surface area contributed by atoms with Crippen molar-refractivity contribution in [3.05, 3.63) is 66.2 Å². The lowest BCUT2D eigenvalue weighted by atomic mass is 10.0. The molecule has 0 amide bonds. The van der Waals surface area contributed by atoms with Gasteiger partial charge in [0.1, 0.15) is 11.6 Å². The van der Waals surface area contributed by atoms with E-state index < -0.39 is 0 Å². The van der Waals surface area contributed by atoms with Crippen LogP contribution in [-0.2, 0) is 11.8 Å². The first kappa shape index (κ1) is 18.3. The highest BCUT2D eigenvalue weighted by atomic mass is 16.5. The smallest absolute Gasteiger partial charge is 0.205 e. The number of benzene rings is 1. The van der Waals surface area contributed by atoms with Gasteiger partial charge in [0, 0.05) is 36.8 Å². The predicted molar refractivity (Wildman–Crippen MR) is 114 cm³/mol. The van der Waals surface area contributed by atoms with Gasteiger partial charge in [0.05, 0.1) is 43.9 Å². The number of aromatic nitrogens is 2. The average molecular weight is 405 g/mol.